The molecule has 1 aliphatic rings. The smallest absolute Gasteiger partial charge is 0.412 e. The normalized spacial score (nSPS) is 20.8. The van der Waals surface area contributed by atoms with E-state index in [1.807, 2.05) is 62.3 Å². The van der Waals surface area contributed by atoms with E-state index in [2.05, 4.69) is 20.9 Å². The van der Waals surface area contributed by atoms with Gasteiger partial charge in [0.15, 0.2) is 5.96 Å². The molecule has 0 aromatic heterocycles. The van der Waals surface area contributed by atoms with Crippen molar-refractivity contribution < 1.29 is 19.1 Å². The average molecular weight is 556 g/mol. The minimum absolute atomic E-state index is 0. The zero-order chi connectivity index (χ0) is 23.1. The Kier molecular flexibility index (Phi) is 12.1. The first-order chi connectivity index (χ1) is 13.8. The van der Waals surface area contributed by atoms with Gasteiger partial charge in [-0.2, -0.15) is 0 Å². The second-order valence-electron chi connectivity index (χ2n) is 9.31. The number of nitrogens with zero attached hydrogens (tertiary/aromatic N) is 2. The minimum atomic E-state index is -0.789. The van der Waals surface area contributed by atoms with E-state index in [0.717, 1.165) is 0 Å². The third kappa shape index (κ3) is 10.2. The molecule has 0 saturated carbocycles. The summed E-state index contributed by atoms with van der Waals surface area (Å²) in [7, 11) is 0. The minimum Gasteiger partial charge on any atom is -0.444 e. The molecule has 9 nitrogen and oxygen atoms in total. The molecule has 2 amide bonds. The lowest BCUT2D eigenvalue weighted by molar-refractivity contribution is -0.121. The van der Waals surface area contributed by atoms with Gasteiger partial charge in [-0.1, -0.05) is 0 Å². The van der Waals surface area contributed by atoms with Crippen molar-refractivity contribution in [3.63, 3.8) is 0 Å². The molecule has 2 unspecified atom stereocenters. The van der Waals surface area contributed by atoms with Gasteiger partial charge in [-0.05, 0) is 62.3 Å². The third-order valence-electron chi connectivity index (χ3n) is 4.39. The van der Waals surface area contributed by atoms with Gasteiger partial charge in [-0.25, -0.2) is 4.79 Å². The number of halogens is 1. The topological polar surface area (TPSA) is 104 Å². The van der Waals surface area contributed by atoms with Crippen molar-refractivity contribution in [2.75, 3.05) is 19.6 Å². The number of hydrogen-bond donors (Lipinski definition) is 3. The molecular formula is C21H42IN5O4. The predicted octanol–water partition coefficient (Wildman–Crippen LogP) is 2.83. The van der Waals surface area contributed by atoms with E-state index in [1.54, 1.807) is 4.90 Å². The maximum Gasteiger partial charge on any atom is 0.412 e. The van der Waals surface area contributed by atoms with E-state index in [0.29, 0.717) is 32.0 Å². The van der Waals surface area contributed by atoms with Crippen LogP contribution in [-0.2, 0) is 14.3 Å². The molecule has 0 bridgehead atoms. The van der Waals surface area contributed by atoms with Gasteiger partial charge in [0.25, 0.3) is 0 Å². The lowest BCUT2D eigenvalue weighted by Crippen LogP contribution is -2.51. The number of rotatable bonds is 7. The number of aliphatic imine (C=N–C) groups is 1. The Balaban J connectivity index is 0.00000900. The molecule has 1 saturated heterocycles. The number of nitrogens with one attached hydrogen (secondary N) is 3. The van der Waals surface area contributed by atoms with Crippen molar-refractivity contribution in [2.45, 2.75) is 98.2 Å². The second-order valence-corrected chi connectivity index (χ2v) is 9.31. The quantitative estimate of drug-likeness (QED) is 0.254. The highest BCUT2D eigenvalue weighted by atomic mass is 127. The largest absolute Gasteiger partial charge is 0.444 e. The molecule has 1 fully saturated rings. The monoisotopic (exact) mass is 555 g/mol. The number of amides is 2. The van der Waals surface area contributed by atoms with Crippen LogP contribution in [-0.4, -0.2) is 72.0 Å². The number of ether oxygens (including phenoxy) is 2. The van der Waals surface area contributed by atoms with Crippen molar-refractivity contribution in [2.24, 2.45) is 4.99 Å². The van der Waals surface area contributed by atoms with E-state index < -0.39 is 17.4 Å². The van der Waals surface area contributed by atoms with Crippen LogP contribution in [0.15, 0.2) is 4.99 Å². The van der Waals surface area contributed by atoms with Gasteiger partial charge in [-0.15, -0.1) is 24.0 Å². The highest BCUT2D eigenvalue weighted by Gasteiger charge is 2.49. The standard InChI is InChI=1S/C21H41N5O4.HI/c1-10-22-18(23-12-11-17(27)25-14(2)3)24-13-16-15(4)29-21(8,9)26(16)19(28)30-20(5,6)7;/h14-16H,10-13H2,1-9H3,(H,25,27)(H2,22,23,24);1H. The van der Waals surface area contributed by atoms with Gasteiger partial charge in [0.1, 0.15) is 11.3 Å². The molecule has 31 heavy (non-hydrogen) atoms. The molecule has 2 atom stereocenters. The van der Waals surface area contributed by atoms with Gasteiger partial charge in [0.05, 0.1) is 18.7 Å². The highest BCUT2D eigenvalue weighted by molar-refractivity contribution is 14.0. The van der Waals surface area contributed by atoms with Crippen molar-refractivity contribution >= 4 is 41.9 Å². The zero-order valence-electron chi connectivity index (χ0n) is 20.5. The Hall–Kier alpha value is -1.30. The summed E-state index contributed by atoms with van der Waals surface area (Å²) in [4.78, 5) is 30.9. The Morgan fingerprint density at radius 2 is 1.84 bits per heavy atom. The lowest BCUT2D eigenvalue weighted by Gasteiger charge is -2.34. The van der Waals surface area contributed by atoms with Crippen LogP contribution in [0.5, 0.6) is 0 Å². The van der Waals surface area contributed by atoms with Crippen LogP contribution < -0.4 is 16.0 Å². The maximum absolute atomic E-state index is 12.8. The first kappa shape index (κ1) is 29.7. The van der Waals surface area contributed by atoms with Crippen LogP contribution in [0.1, 0.15) is 68.7 Å². The van der Waals surface area contributed by atoms with Crippen molar-refractivity contribution in [3.8, 4) is 0 Å². The highest BCUT2D eigenvalue weighted by Crippen LogP contribution is 2.33. The van der Waals surface area contributed by atoms with Gasteiger partial charge in [-0.3, -0.25) is 14.7 Å². The summed E-state index contributed by atoms with van der Waals surface area (Å²) >= 11 is 0. The number of guanidine groups is 1. The van der Waals surface area contributed by atoms with E-state index >= 15 is 0 Å². The Bertz CT molecular complexity index is 619. The summed E-state index contributed by atoms with van der Waals surface area (Å²) in [5, 5.41) is 9.20. The van der Waals surface area contributed by atoms with Crippen molar-refractivity contribution in [1.29, 1.82) is 0 Å². The molecular weight excluding hydrogens is 513 g/mol. The first-order valence-corrected chi connectivity index (χ1v) is 10.8. The molecule has 3 N–H and O–H groups in total. The fourth-order valence-electron chi connectivity index (χ4n) is 3.31. The van der Waals surface area contributed by atoms with Gasteiger partial charge < -0.3 is 25.4 Å². The molecule has 1 rings (SSSR count). The molecule has 10 heteroatoms. The van der Waals surface area contributed by atoms with Crippen LogP contribution in [0, 0.1) is 0 Å². The Morgan fingerprint density at radius 3 is 2.35 bits per heavy atom. The molecule has 0 spiro atoms. The number of carbonyl (C=O) groups is 2. The average Bonchev–Trinajstić information content (AvgIpc) is 2.78. The Morgan fingerprint density at radius 1 is 1.23 bits per heavy atom. The summed E-state index contributed by atoms with van der Waals surface area (Å²) in [6, 6.07) is -0.153. The zero-order valence-corrected chi connectivity index (χ0v) is 22.8. The van der Waals surface area contributed by atoms with E-state index in [-0.39, 0.29) is 48.1 Å². The van der Waals surface area contributed by atoms with Crippen LogP contribution in [0.3, 0.4) is 0 Å². The number of hydrogen-bond acceptors (Lipinski definition) is 5. The fourth-order valence-corrected chi connectivity index (χ4v) is 3.31. The molecule has 0 aromatic carbocycles. The van der Waals surface area contributed by atoms with Crippen LogP contribution in [0.2, 0.25) is 0 Å². The molecule has 182 valence electrons. The van der Waals surface area contributed by atoms with Gasteiger partial charge in [0.2, 0.25) is 5.91 Å². The summed E-state index contributed by atoms with van der Waals surface area (Å²) in [5.41, 5.74) is -1.39. The van der Waals surface area contributed by atoms with Crippen molar-refractivity contribution in [3.05, 3.63) is 0 Å². The molecule has 0 radical (unpaired) electrons. The molecule has 1 aliphatic heterocycles. The number of carbonyl (C=O) groups excluding carboxylic acids is 2. The third-order valence-corrected chi connectivity index (χ3v) is 4.39. The fraction of sp³-hybridized carbons (Fsp3) is 0.857. The summed E-state index contributed by atoms with van der Waals surface area (Å²) in [6.45, 7) is 18.5. The van der Waals surface area contributed by atoms with E-state index in [4.69, 9.17) is 9.47 Å². The van der Waals surface area contributed by atoms with Gasteiger partial charge in [0, 0.05) is 25.6 Å². The van der Waals surface area contributed by atoms with Crippen molar-refractivity contribution in [1.82, 2.24) is 20.9 Å². The molecule has 0 aromatic rings. The second kappa shape index (κ2) is 12.7. The maximum atomic E-state index is 12.8. The lowest BCUT2D eigenvalue weighted by atomic mass is 10.1. The van der Waals surface area contributed by atoms with Crippen LogP contribution >= 0.6 is 24.0 Å². The molecule has 0 aliphatic carbocycles. The van der Waals surface area contributed by atoms with E-state index in [9.17, 15) is 9.59 Å². The Labute approximate surface area is 204 Å². The van der Waals surface area contributed by atoms with Crippen LogP contribution in [0.4, 0.5) is 4.79 Å². The summed E-state index contributed by atoms with van der Waals surface area (Å²) < 4.78 is 11.6. The first-order valence-electron chi connectivity index (χ1n) is 10.8. The SMILES string of the molecule is CCNC(=NCC1C(C)OC(C)(C)N1C(=O)OC(C)(C)C)NCCC(=O)NC(C)C.I. The van der Waals surface area contributed by atoms with E-state index in [1.165, 1.54) is 0 Å². The summed E-state index contributed by atoms with van der Waals surface area (Å²) in [5.74, 6) is 0.583. The van der Waals surface area contributed by atoms with Crippen LogP contribution in [0.25, 0.3) is 0 Å². The predicted molar refractivity (Wildman–Crippen MR) is 134 cm³/mol. The molecule has 1 heterocycles. The van der Waals surface area contributed by atoms with Gasteiger partial charge >= 0.3 is 6.09 Å². The summed E-state index contributed by atoms with van der Waals surface area (Å²) in [6.07, 6.45) is -0.265.